The largest absolute Gasteiger partial charge is 0.461 e. The van der Waals surface area contributed by atoms with Crippen molar-refractivity contribution in [1.82, 2.24) is 14.4 Å². The first-order chi connectivity index (χ1) is 7.63. The topological polar surface area (TPSA) is 56.5 Å². The fourth-order valence-corrected chi connectivity index (χ4v) is 1.89. The lowest BCUT2D eigenvalue weighted by Gasteiger charge is -1.98. The Balaban J connectivity index is 2.56. The molecule has 0 saturated heterocycles. The van der Waals surface area contributed by atoms with Crippen molar-refractivity contribution in [2.75, 3.05) is 6.61 Å². The number of aryl methyl sites for hydroxylation is 1. The molecule has 2 heterocycles. The fraction of sp³-hybridized carbons (Fsp3) is 0.300. The lowest BCUT2D eigenvalue weighted by atomic mass is 10.5. The molecule has 0 amide bonds. The molecule has 2 aromatic heterocycles. The summed E-state index contributed by atoms with van der Waals surface area (Å²) in [6.45, 7) is 3.96. The maximum Gasteiger partial charge on any atom is 0.359 e. The van der Waals surface area contributed by atoms with Crippen molar-refractivity contribution in [2.24, 2.45) is 0 Å². The molecule has 0 aliphatic heterocycles. The van der Waals surface area contributed by atoms with E-state index in [-0.39, 0.29) is 5.69 Å². The predicted molar refractivity (Wildman–Crippen MR) is 61.4 cm³/mol. The first kappa shape index (κ1) is 11.1. The Bertz CT molecular complexity index is 550. The number of hydrogen-bond acceptors (Lipinski definition) is 4. The summed E-state index contributed by atoms with van der Waals surface area (Å²) in [6.07, 6.45) is 3.41. The number of hydrogen-bond donors (Lipinski definition) is 0. The fourth-order valence-electron chi connectivity index (χ4n) is 1.35. The van der Waals surface area contributed by atoms with Crippen molar-refractivity contribution in [1.29, 1.82) is 0 Å². The number of fused-ring (bicyclic) bond motifs is 1. The van der Waals surface area contributed by atoms with Crippen LogP contribution in [-0.2, 0) is 4.74 Å². The second kappa shape index (κ2) is 4.21. The van der Waals surface area contributed by atoms with Gasteiger partial charge in [0, 0.05) is 6.20 Å². The Morgan fingerprint density at radius 1 is 1.62 bits per heavy atom. The molecule has 2 rings (SSSR count). The first-order valence-corrected chi connectivity index (χ1v) is 5.60. The average Bonchev–Trinajstić information content (AvgIpc) is 2.57. The van der Waals surface area contributed by atoms with Crippen LogP contribution in [0.1, 0.15) is 23.1 Å². The first-order valence-electron chi connectivity index (χ1n) is 4.80. The van der Waals surface area contributed by atoms with Crippen LogP contribution < -0.4 is 0 Å². The molecule has 0 fully saturated rings. The van der Waals surface area contributed by atoms with Crippen LogP contribution in [-0.4, -0.2) is 26.9 Å². The van der Waals surface area contributed by atoms with E-state index < -0.39 is 5.97 Å². The van der Waals surface area contributed by atoms with Crippen molar-refractivity contribution in [2.45, 2.75) is 13.8 Å². The number of ether oxygens (including phenoxy) is 1. The summed E-state index contributed by atoms with van der Waals surface area (Å²) >= 11 is 3.33. The van der Waals surface area contributed by atoms with Crippen LogP contribution in [0.3, 0.4) is 0 Å². The van der Waals surface area contributed by atoms with Crippen LogP contribution in [0.5, 0.6) is 0 Å². The Morgan fingerprint density at radius 3 is 3.06 bits per heavy atom. The summed E-state index contributed by atoms with van der Waals surface area (Å²) in [5.74, 6) is -0.435. The molecule has 0 atom stereocenters. The van der Waals surface area contributed by atoms with E-state index in [4.69, 9.17) is 4.74 Å². The zero-order chi connectivity index (χ0) is 11.7. The van der Waals surface area contributed by atoms with E-state index in [1.807, 2.05) is 6.92 Å². The van der Waals surface area contributed by atoms with Gasteiger partial charge in [0.1, 0.15) is 4.60 Å². The summed E-state index contributed by atoms with van der Waals surface area (Å²) in [5, 5.41) is 0. The highest BCUT2D eigenvalue weighted by atomic mass is 79.9. The van der Waals surface area contributed by atoms with E-state index in [0.29, 0.717) is 16.9 Å². The van der Waals surface area contributed by atoms with Crippen molar-refractivity contribution >= 4 is 27.5 Å². The minimum atomic E-state index is -0.435. The zero-order valence-electron chi connectivity index (χ0n) is 8.90. The minimum absolute atomic E-state index is 0.272. The predicted octanol–water partition coefficient (Wildman–Crippen LogP) is 1.98. The monoisotopic (exact) mass is 283 g/mol. The van der Waals surface area contributed by atoms with Gasteiger partial charge in [-0.1, -0.05) is 0 Å². The number of nitrogens with zero attached hydrogens (tertiary/aromatic N) is 3. The lowest BCUT2D eigenvalue weighted by Crippen LogP contribution is -2.05. The molecular weight excluding hydrogens is 274 g/mol. The molecule has 0 radical (unpaired) electrons. The van der Waals surface area contributed by atoms with Crippen molar-refractivity contribution < 1.29 is 9.53 Å². The lowest BCUT2D eigenvalue weighted by molar-refractivity contribution is 0.0519. The van der Waals surface area contributed by atoms with Gasteiger partial charge in [-0.2, -0.15) is 0 Å². The summed E-state index contributed by atoms with van der Waals surface area (Å²) in [7, 11) is 0. The van der Waals surface area contributed by atoms with Gasteiger partial charge in [-0.05, 0) is 29.8 Å². The maximum absolute atomic E-state index is 11.6. The second-order valence-electron chi connectivity index (χ2n) is 3.23. The molecule has 16 heavy (non-hydrogen) atoms. The smallest absolute Gasteiger partial charge is 0.359 e. The Hall–Kier alpha value is -1.43. The molecule has 0 unspecified atom stereocenters. The van der Waals surface area contributed by atoms with E-state index in [0.717, 1.165) is 5.69 Å². The van der Waals surface area contributed by atoms with Gasteiger partial charge in [-0.25, -0.2) is 9.78 Å². The minimum Gasteiger partial charge on any atom is -0.461 e. The van der Waals surface area contributed by atoms with Crippen LogP contribution in [0.2, 0.25) is 0 Å². The number of rotatable bonds is 2. The van der Waals surface area contributed by atoms with E-state index >= 15 is 0 Å². The molecule has 0 saturated carbocycles. The second-order valence-corrected chi connectivity index (χ2v) is 3.98. The van der Waals surface area contributed by atoms with Gasteiger partial charge < -0.3 is 4.74 Å². The number of halogens is 1. The summed E-state index contributed by atoms with van der Waals surface area (Å²) < 4.78 is 7.25. The molecule has 0 N–H and O–H groups in total. The molecule has 0 spiro atoms. The number of imidazole rings is 1. The van der Waals surface area contributed by atoms with E-state index in [1.54, 1.807) is 23.7 Å². The summed E-state index contributed by atoms with van der Waals surface area (Å²) in [5.41, 5.74) is 1.73. The molecule has 2 aromatic rings. The molecule has 0 aromatic carbocycles. The molecule has 84 valence electrons. The normalized spacial score (nSPS) is 10.7. The van der Waals surface area contributed by atoms with Gasteiger partial charge in [-0.15, -0.1) is 0 Å². The third-order valence-electron chi connectivity index (χ3n) is 2.05. The molecule has 6 heteroatoms. The van der Waals surface area contributed by atoms with Crippen molar-refractivity contribution in [3.63, 3.8) is 0 Å². The number of carbonyl (C=O) groups excluding carboxylic acids is 1. The van der Waals surface area contributed by atoms with E-state index in [1.165, 1.54) is 0 Å². The van der Waals surface area contributed by atoms with Crippen LogP contribution in [0.25, 0.3) is 5.65 Å². The Labute approximate surface area is 101 Å². The number of esters is 1. The maximum atomic E-state index is 11.6. The zero-order valence-corrected chi connectivity index (χ0v) is 10.5. The van der Waals surface area contributed by atoms with E-state index in [9.17, 15) is 4.79 Å². The molecule has 5 nitrogen and oxygen atoms in total. The van der Waals surface area contributed by atoms with Gasteiger partial charge in [0.05, 0.1) is 18.5 Å². The van der Waals surface area contributed by atoms with Crippen molar-refractivity contribution in [3.8, 4) is 0 Å². The van der Waals surface area contributed by atoms with Gasteiger partial charge in [0.2, 0.25) is 0 Å². The van der Waals surface area contributed by atoms with Crippen LogP contribution in [0, 0.1) is 6.92 Å². The van der Waals surface area contributed by atoms with Crippen LogP contribution in [0.4, 0.5) is 0 Å². The molecule has 0 aliphatic rings. The van der Waals surface area contributed by atoms with Gasteiger partial charge >= 0.3 is 5.97 Å². The Kier molecular flexibility index (Phi) is 2.91. The SMILES string of the molecule is CCOC(=O)c1nc2cnc(C)cn2c1Br. The van der Waals surface area contributed by atoms with Gasteiger partial charge in [-0.3, -0.25) is 9.38 Å². The van der Waals surface area contributed by atoms with Gasteiger partial charge in [0.25, 0.3) is 0 Å². The third-order valence-corrected chi connectivity index (χ3v) is 2.81. The summed E-state index contributed by atoms with van der Waals surface area (Å²) in [6, 6.07) is 0. The highest BCUT2D eigenvalue weighted by Crippen LogP contribution is 2.19. The van der Waals surface area contributed by atoms with Crippen LogP contribution in [0.15, 0.2) is 17.0 Å². The molecule has 0 aliphatic carbocycles. The number of aromatic nitrogens is 3. The Morgan fingerprint density at radius 2 is 2.38 bits per heavy atom. The molecular formula is C10H10BrN3O2. The van der Waals surface area contributed by atoms with Gasteiger partial charge in [0.15, 0.2) is 11.3 Å². The number of carbonyl (C=O) groups is 1. The quantitative estimate of drug-likeness (QED) is 0.791. The highest BCUT2D eigenvalue weighted by Gasteiger charge is 2.18. The molecule has 0 bridgehead atoms. The summed E-state index contributed by atoms with van der Waals surface area (Å²) in [4.78, 5) is 19.8. The van der Waals surface area contributed by atoms with Crippen molar-refractivity contribution in [3.05, 3.63) is 28.4 Å². The van der Waals surface area contributed by atoms with Crippen LogP contribution >= 0.6 is 15.9 Å². The highest BCUT2D eigenvalue weighted by molar-refractivity contribution is 9.10. The third kappa shape index (κ3) is 1.80. The van der Waals surface area contributed by atoms with E-state index in [2.05, 4.69) is 25.9 Å². The average molecular weight is 284 g/mol. The standard InChI is InChI=1S/C10H10BrN3O2/c1-3-16-10(15)8-9(11)14-5-6(2)12-4-7(14)13-8/h4-5H,3H2,1-2H3.